The Morgan fingerprint density at radius 1 is 1.21 bits per heavy atom. The molecule has 1 aliphatic heterocycles. The molecule has 0 aliphatic carbocycles. The average Bonchev–Trinajstić information content (AvgIpc) is 2.67. The van der Waals surface area contributed by atoms with E-state index in [4.69, 9.17) is 4.74 Å². The van der Waals surface area contributed by atoms with Crippen LogP contribution in [-0.2, 0) is 4.79 Å². The summed E-state index contributed by atoms with van der Waals surface area (Å²) in [5.74, 6) is -2.69. The van der Waals surface area contributed by atoms with Crippen molar-refractivity contribution in [2.45, 2.75) is 32.8 Å². The molecule has 29 heavy (non-hydrogen) atoms. The number of aryl methyl sites for hydroxylation is 1. The molecule has 1 aromatic carbocycles. The molecule has 0 saturated carbocycles. The van der Waals surface area contributed by atoms with Crippen LogP contribution in [0.2, 0.25) is 0 Å². The van der Waals surface area contributed by atoms with Crippen LogP contribution < -0.4 is 15.4 Å². The zero-order valence-electron chi connectivity index (χ0n) is 16.2. The number of hydrogen-bond donors (Lipinski definition) is 2. The Balaban J connectivity index is 1.69. The van der Waals surface area contributed by atoms with Gasteiger partial charge in [-0.25, -0.2) is 9.18 Å². The maximum absolute atomic E-state index is 14.2. The lowest BCUT2D eigenvalue weighted by atomic mass is 10.1. The van der Waals surface area contributed by atoms with Gasteiger partial charge in [-0.05, 0) is 31.9 Å². The van der Waals surface area contributed by atoms with Gasteiger partial charge in [-0.3, -0.25) is 9.78 Å². The number of nitrogens with one attached hydrogen (secondary N) is 2. The van der Waals surface area contributed by atoms with E-state index in [0.717, 1.165) is 11.8 Å². The summed E-state index contributed by atoms with van der Waals surface area (Å²) in [7, 11) is 0. The molecule has 2 aromatic rings. The number of aromatic nitrogens is 1. The van der Waals surface area contributed by atoms with Crippen LogP contribution in [0.3, 0.4) is 0 Å². The minimum atomic E-state index is -1.14. The third kappa shape index (κ3) is 5.40. The SMILES string of the molecule is CC(=O)N1CCCC(Oc2cc(NC(=O)Nc3ccc(C)nc3)cc(F)c2F)C1. The standard InChI is InChI=1S/C20H22F2N4O3/c1-12-5-6-14(10-23-12)24-20(28)25-15-8-17(21)19(22)18(9-15)29-16-4-3-7-26(11-16)13(2)27/h5-6,8-10,16H,3-4,7,11H2,1-2H3,(H2,24,25,28). The highest BCUT2D eigenvalue weighted by molar-refractivity contribution is 5.99. The predicted molar refractivity (Wildman–Crippen MR) is 104 cm³/mol. The van der Waals surface area contributed by atoms with Crippen molar-refractivity contribution in [3.05, 3.63) is 47.8 Å². The summed E-state index contributed by atoms with van der Waals surface area (Å²) in [5.41, 5.74) is 1.29. The van der Waals surface area contributed by atoms with E-state index in [1.54, 1.807) is 17.0 Å². The third-order valence-electron chi connectivity index (χ3n) is 4.54. The van der Waals surface area contributed by atoms with Crippen LogP contribution in [-0.4, -0.2) is 41.0 Å². The Hall–Kier alpha value is -3.23. The van der Waals surface area contributed by atoms with E-state index < -0.39 is 23.8 Å². The van der Waals surface area contributed by atoms with Gasteiger partial charge in [-0.2, -0.15) is 4.39 Å². The molecule has 2 heterocycles. The second-order valence-electron chi connectivity index (χ2n) is 6.88. The quantitative estimate of drug-likeness (QED) is 0.814. The minimum Gasteiger partial charge on any atom is -0.485 e. The second kappa shape index (κ2) is 8.85. The maximum Gasteiger partial charge on any atom is 0.323 e. The first-order chi connectivity index (χ1) is 13.8. The Morgan fingerprint density at radius 2 is 1.97 bits per heavy atom. The molecule has 7 nitrogen and oxygen atoms in total. The van der Waals surface area contributed by atoms with Crippen LogP contribution >= 0.6 is 0 Å². The number of nitrogens with zero attached hydrogens (tertiary/aromatic N) is 2. The molecule has 1 aromatic heterocycles. The molecule has 9 heteroatoms. The molecule has 0 bridgehead atoms. The lowest BCUT2D eigenvalue weighted by molar-refractivity contribution is -0.131. The zero-order valence-corrected chi connectivity index (χ0v) is 16.2. The molecule has 3 rings (SSSR count). The van der Waals surface area contributed by atoms with Crippen LogP contribution in [0.15, 0.2) is 30.5 Å². The van der Waals surface area contributed by atoms with Crippen molar-refractivity contribution < 1.29 is 23.1 Å². The summed E-state index contributed by atoms with van der Waals surface area (Å²) in [5, 5.41) is 5.01. The van der Waals surface area contributed by atoms with Crippen molar-refractivity contribution in [2.24, 2.45) is 0 Å². The van der Waals surface area contributed by atoms with Crippen molar-refractivity contribution in [2.75, 3.05) is 23.7 Å². The number of rotatable bonds is 4. The fourth-order valence-corrected chi connectivity index (χ4v) is 3.06. The minimum absolute atomic E-state index is 0.0377. The summed E-state index contributed by atoms with van der Waals surface area (Å²) < 4.78 is 33.8. The van der Waals surface area contributed by atoms with Gasteiger partial charge in [-0.15, -0.1) is 0 Å². The van der Waals surface area contributed by atoms with Gasteiger partial charge >= 0.3 is 6.03 Å². The number of pyridine rings is 1. The van der Waals surface area contributed by atoms with E-state index in [1.165, 1.54) is 19.2 Å². The highest BCUT2D eigenvalue weighted by Gasteiger charge is 2.25. The fourth-order valence-electron chi connectivity index (χ4n) is 3.06. The van der Waals surface area contributed by atoms with Crippen molar-refractivity contribution in [3.8, 4) is 5.75 Å². The number of benzene rings is 1. The fraction of sp³-hybridized carbons (Fsp3) is 0.350. The van der Waals surface area contributed by atoms with Crippen LogP contribution in [0.5, 0.6) is 5.75 Å². The van der Waals surface area contributed by atoms with E-state index in [0.29, 0.717) is 31.6 Å². The first-order valence-electron chi connectivity index (χ1n) is 9.23. The number of anilines is 2. The summed E-state index contributed by atoms with van der Waals surface area (Å²) in [6.07, 6.45) is 2.35. The van der Waals surface area contributed by atoms with Gasteiger partial charge in [0.05, 0.1) is 18.4 Å². The van der Waals surface area contributed by atoms with Crippen molar-refractivity contribution in [3.63, 3.8) is 0 Å². The topological polar surface area (TPSA) is 83.6 Å². The number of urea groups is 1. The maximum atomic E-state index is 14.2. The van der Waals surface area contributed by atoms with E-state index >= 15 is 0 Å². The number of hydrogen-bond acceptors (Lipinski definition) is 4. The number of amides is 3. The molecular weight excluding hydrogens is 382 g/mol. The number of piperidine rings is 1. The first-order valence-corrected chi connectivity index (χ1v) is 9.23. The van der Waals surface area contributed by atoms with Gasteiger partial charge in [-0.1, -0.05) is 0 Å². The van der Waals surface area contributed by atoms with Crippen molar-refractivity contribution in [1.29, 1.82) is 0 Å². The highest BCUT2D eigenvalue weighted by Crippen LogP contribution is 2.28. The van der Waals surface area contributed by atoms with Gasteiger partial charge in [0, 0.05) is 37.0 Å². The summed E-state index contributed by atoms with van der Waals surface area (Å²) in [6, 6.07) is 4.86. The number of carbonyl (C=O) groups is 2. The van der Waals surface area contributed by atoms with Crippen molar-refractivity contribution >= 4 is 23.3 Å². The van der Waals surface area contributed by atoms with Crippen LogP contribution in [0, 0.1) is 18.6 Å². The normalized spacial score (nSPS) is 16.3. The lowest BCUT2D eigenvalue weighted by Gasteiger charge is -2.32. The van der Waals surface area contributed by atoms with E-state index in [1.807, 2.05) is 6.92 Å². The Kier molecular flexibility index (Phi) is 6.26. The van der Waals surface area contributed by atoms with E-state index in [2.05, 4.69) is 15.6 Å². The molecule has 154 valence electrons. The smallest absolute Gasteiger partial charge is 0.323 e. The van der Waals surface area contributed by atoms with Crippen molar-refractivity contribution in [1.82, 2.24) is 9.88 Å². The summed E-state index contributed by atoms with van der Waals surface area (Å²) in [4.78, 5) is 29.3. The van der Waals surface area contributed by atoms with Gasteiger partial charge in [0.15, 0.2) is 11.6 Å². The van der Waals surface area contributed by atoms with Crippen LogP contribution in [0.25, 0.3) is 0 Å². The van der Waals surface area contributed by atoms with Crippen LogP contribution in [0.4, 0.5) is 25.0 Å². The molecule has 0 spiro atoms. The molecule has 1 unspecified atom stereocenters. The molecule has 0 radical (unpaired) electrons. The number of likely N-dealkylation sites (tertiary alicyclic amines) is 1. The molecule has 1 aliphatic rings. The van der Waals surface area contributed by atoms with E-state index in [9.17, 15) is 18.4 Å². The molecule has 1 fully saturated rings. The largest absolute Gasteiger partial charge is 0.485 e. The van der Waals surface area contributed by atoms with Gasteiger partial charge < -0.3 is 20.3 Å². The molecular formula is C20H22F2N4O3. The summed E-state index contributed by atoms with van der Waals surface area (Å²) >= 11 is 0. The molecule has 1 atom stereocenters. The zero-order chi connectivity index (χ0) is 21.0. The number of carbonyl (C=O) groups excluding carboxylic acids is 2. The summed E-state index contributed by atoms with van der Waals surface area (Å²) in [6.45, 7) is 4.18. The Morgan fingerprint density at radius 3 is 2.66 bits per heavy atom. The highest BCUT2D eigenvalue weighted by atomic mass is 19.2. The Labute approximate surface area is 167 Å². The average molecular weight is 404 g/mol. The monoisotopic (exact) mass is 404 g/mol. The third-order valence-corrected chi connectivity index (χ3v) is 4.54. The Bertz CT molecular complexity index is 905. The van der Waals surface area contributed by atoms with E-state index in [-0.39, 0.29) is 17.3 Å². The number of halogens is 2. The first kappa shape index (κ1) is 20.5. The van der Waals surface area contributed by atoms with Gasteiger partial charge in [0.1, 0.15) is 6.10 Å². The predicted octanol–water partition coefficient (Wildman–Crippen LogP) is 3.70. The molecule has 3 amide bonds. The van der Waals surface area contributed by atoms with Crippen LogP contribution in [0.1, 0.15) is 25.5 Å². The number of ether oxygens (including phenoxy) is 1. The van der Waals surface area contributed by atoms with Gasteiger partial charge in [0.25, 0.3) is 0 Å². The molecule has 1 saturated heterocycles. The van der Waals surface area contributed by atoms with Gasteiger partial charge in [0.2, 0.25) is 11.7 Å². The lowest BCUT2D eigenvalue weighted by Crippen LogP contribution is -2.43. The second-order valence-corrected chi connectivity index (χ2v) is 6.88. The molecule has 2 N–H and O–H groups in total.